The summed E-state index contributed by atoms with van der Waals surface area (Å²) in [5.74, 6) is -0.00892. The van der Waals surface area contributed by atoms with E-state index in [1.165, 1.54) is 5.56 Å². The van der Waals surface area contributed by atoms with Crippen molar-refractivity contribution < 1.29 is 19.1 Å². The van der Waals surface area contributed by atoms with Gasteiger partial charge in [-0.2, -0.15) is 0 Å². The first-order chi connectivity index (χ1) is 16.4. The summed E-state index contributed by atoms with van der Waals surface area (Å²) < 4.78 is 5.24. The predicted octanol–water partition coefficient (Wildman–Crippen LogP) is 3.16. The average molecular weight is 487 g/mol. The number of piperidine rings is 1. The zero-order valence-electron chi connectivity index (χ0n) is 22.0. The third kappa shape index (κ3) is 7.43. The Balaban J connectivity index is 1.61. The van der Waals surface area contributed by atoms with Gasteiger partial charge in [0.15, 0.2) is 0 Å². The molecule has 0 bridgehead atoms. The summed E-state index contributed by atoms with van der Waals surface area (Å²) in [7, 11) is 0. The quantitative estimate of drug-likeness (QED) is 0.618. The molecule has 2 saturated heterocycles. The summed E-state index contributed by atoms with van der Waals surface area (Å²) in [6.45, 7) is 14.2. The summed E-state index contributed by atoms with van der Waals surface area (Å²) >= 11 is 0. The van der Waals surface area contributed by atoms with Gasteiger partial charge in [-0.1, -0.05) is 44.2 Å². The van der Waals surface area contributed by atoms with Gasteiger partial charge < -0.3 is 20.3 Å². The van der Waals surface area contributed by atoms with E-state index in [0.29, 0.717) is 5.92 Å². The first-order valence-electron chi connectivity index (χ1n) is 12.8. The van der Waals surface area contributed by atoms with Crippen molar-refractivity contribution in [3.05, 3.63) is 35.9 Å². The van der Waals surface area contributed by atoms with Gasteiger partial charge in [-0.15, -0.1) is 0 Å². The Kier molecular flexibility index (Phi) is 8.80. The van der Waals surface area contributed by atoms with Crippen LogP contribution in [0.15, 0.2) is 30.3 Å². The Morgan fingerprint density at radius 2 is 1.69 bits per heavy atom. The van der Waals surface area contributed by atoms with Crippen LogP contribution in [0.1, 0.15) is 59.9 Å². The van der Waals surface area contributed by atoms with Crippen molar-refractivity contribution in [1.82, 2.24) is 20.4 Å². The Morgan fingerprint density at radius 1 is 1.03 bits per heavy atom. The van der Waals surface area contributed by atoms with Crippen molar-refractivity contribution in [2.75, 3.05) is 19.6 Å². The predicted molar refractivity (Wildman–Crippen MR) is 136 cm³/mol. The lowest BCUT2D eigenvalue weighted by atomic mass is 9.91. The fourth-order valence-corrected chi connectivity index (χ4v) is 4.99. The second-order valence-electron chi connectivity index (χ2n) is 11.3. The van der Waals surface area contributed by atoms with Crippen molar-refractivity contribution in [2.24, 2.45) is 11.8 Å². The highest BCUT2D eigenvalue weighted by Gasteiger charge is 2.43. The number of fused-ring (bicyclic) bond motifs is 1. The molecule has 1 aromatic carbocycles. The summed E-state index contributed by atoms with van der Waals surface area (Å²) in [5, 5.41) is 5.45. The normalized spacial score (nSPS) is 22.3. The number of carbonyl (C=O) groups is 3. The number of benzene rings is 1. The van der Waals surface area contributed by atoms with Crippen molar-refractivity contribution in [3.8, 4) is 0 Å². The van der Waals surface area contributed by atoms with Gasteiger partial charge >= 0.3 is 6.09 Å². The molecule has 8 nitrogen and oxygen atoms in total. The third-order valence-corrected chi connectivity index (χ3v) is 6.84. The minimum absolute atomic E-state index is 0.0353. The van der Waals surface area contributed by atoms with E-state index < -0.39 is 29.7 Å². The number of carbonyl (C=O) groups excluding carboxylic acids is 3. The number of alkyl carbamates (subject to hydrolysis) is 1. The van der Waals surface area contributed by atoms with Gasteiger partial charge in [-0.3, -0.25) is 14.5 Å². The van der Waals surface area contributed by atoms with E-state index in [1.54, 1.807) is 27.7 Å². The molecule has 194 valence electrons. The molecule has 0 saturated carbocycles. The minimum Gasteiger partial charge on any atom is -0.444 e. The fourth-order valence-electron chi connectivity index (χ4n) is 4.99. The second-order valence-corrected chi connectivity index (χ2v) is 11.3. The first kappa shape index (κ1) is 27.0. The topological polar surface area (TPSA) is 91.0 Å². The SMILES string of the molecule is CC(C)[C@H](NC(=O)[C@H](C)NC(=O)OC(C)(C)C)C(=O)N1CCC2CCN(Cc3ccccc3)CC21. The highest BCUT2D eigenvalue weighted by molar-refractivity contribution is 5.91. The molecule has 2 heterocycles. The van der Waals surface area contributed by atoms with Crippen LogP contribution >= 0.6 is 0 Å². The molecule has 2 N–H and O–H groups in total. The van der Waals surface area contributed by atoms with Crippen molar-refractivity contribution in [1.29, 1.82) is 0 Å². The van der Waals surface area contributed by atoms with Crippen LogP contribution in [-0.4, -0.2) is 71.1 Å². The molecule has 35 heavy (non-hydrogen) atoms. The molecule has 8 heteroatoms. The van der Waals surface area contributed by atoms with Crippen LogP contribution in [0, 0.1) is 11.8 Å². The molecule has 4 atom stereocenters. The monoisotopic (exact) mass is 486 g/mol. The van der Waals surface area contributed by atoms with E-state index in [1.807, 2.05) is 24.8 Å². The van der Waals surface area contributed by atoms with Gasteiger partial charge in [-0.05, 0) is 64.5 Å². The van der Waals surface area contributed by atoms with Crippen LogP contribution in [0.5, 0.6) is 0 Å². The van der Waals surface area contributed by atoms with Gasteiger partial charge in [0.2, 0.25) is 11.8 Å². The molecule has 3 rings (SSSR count). The summed E-state index contributed by atoms with van der Waals surface area (Å²) in [4.78, 5) is 43.0. The lowest BCUT2D eigenvalue weighted by Crippen LogP contribution is -2.58. The highest BCUT2D eigenvalue weighted by Crippen LogP contribution is 2.33. The number of hydrogen-bond donors (Lipinski definition) is 2. The number of nitrogens with one attached hydrogen (secondary N) is 2. The van der Waals surface area contributed by atoms with E-state index >= 15 is 0 Å². The molecular weight excluding hydrogens is 444 g/mol. The molecular formula is C27H42N4O4. The number of amides is 3. The van der Waals surface area contributed by atoms with Crippen molar-refractivity contribution in [3.63, 3.8) is 0 Å². The Bertz CT molecular complexity index is 883. The number of likely N-dealkylation sites (tertiary alicyclic amines) is 2. The van der Waals surface area contributed by atoms with Crippen LogP contribution in [-0.2, 0) is 20.9 Å². The lowest BCUT2D eigenvalue weighted by Gasteiger charge is -2.40. The Labute approximate surface area is 209 Å². The first-order valence-corrected chi connectivity index (χ1v) is 12.8. The summed E-state index contributed by atoms with van der Waals surface area (Å²) in [5.41, 5.74) is 0.623. The van der Waals surface area contributed by atoms with Gasteiger partial charge in [0.05, 0.1) is 0 Å². The third-order valence-electron chi connectivity index (χ3n) is 6.84. The number of nitrogens with zero attached hydrogens (tertiary/aromatic N) is 2. The van der Waals surface area contributed by atoms with E-state index in [4.69, 9.17) is 4.74 Å². The largest absolute Gasteiger partial charge is 0.444 e. The molecule has 1 aromatic rings. The molecule has 0 aromatic heterocycles. The maximum Gasteiger partial charge on any atom is 0.408 e. The van der Waals surface area contributed by atoms with Crippen molar-refractivity contribution in [2.45, 2.75) is 84.7 Å². The Hall–Kier alpha value is -2.61. The smallest absolute Gasteiger partial charge is 0.408 e. The van der Waals surface area contributed by atoms with Crippen LogP contribution in [0.25, 0.3) is 0 Å². The van der Waals surface area contributed by atoms with E-state index in [-0.39, 0.29) is 17.9 Å². The maximum absolute atomic E-state index is 13.7. The average Bonchev–Trinajstić information content (AvgIpc) is 3.19. The van der Waals surface area contributed by atoms with Crippen LogP contribution in [0.4, 0.5) is 4.79 Å². The van der Waals surface area contributed by atoms with E-state index in [2.05, 4.69) is 39.8 Å². The standard InChI is InChI=1S/C27H42N4O4/c1-18(2)23(29-24(32)19(3)28-26(34)35-27(4,5)6)25(33)31-15-13-21-12-14-30(17-22(21)31)16-20-10-8-7-9-11-20/h7-11,18-19,21-23H,12-17H2,1-6H3,(H,28,34)(H,29,32)/t19-,21?,22?,23-/m0/s1. The molecule has 3 amide bonds. The van der Waals surface area contributed by atoms with Gasteiger partial charge in [0.1, 0.15) is 17.7 Å². The van der Waals surface area contributed by atoms with Crippen molar-refractivity contribution >= 4 is 17.9 Å². The number of hydrogen-bond acceptors (Lipinski definition) is 5. The highest BCUT2D eigenvalue weighted by atomic mass is 16.6. The minimum atomic E-state index is -0.818. The molecule has 2 unspecified atom stereocenters. The zero-order valence-corrected chi connectivity index (χ0v) is 22.0. The zero-order chi connectivity index (χ0) is 25.8. The van der Waals surface area contributed by atoms with Gasteiger partial charge in [-0.25, -0.2) is 4.79 Å². The maximum atomic E-state index is 13.7. The molecule has 2 aliphatic rings. The second kappa shape index (κ2) is 11.4. The van der Waals surface area contributed by atoms with E-state index in [0.717, 1.165) is 39.0 Å². The van der Waals surface area contributed by atoms with Crippen LogP contribution < -0.4 is 10.6 Å². The fraction of sp³-hybridized carbons (Fsp3) is 0.667. The molecule has 0 radical (unpaired) electrons. The van der Waals surface area contributed by atoms with Crippen LogP contribution in [0.3, 0.4) is 0 Å². The van der Waals surface area contributed by atoms with Gasteiger partial charge in [0.25, 0.3) is 0 Å². The molecule has 2 aliphatic heterocycles. The summed E-state index contributed by atoms with van der Waals surface area (Å²) in [6.07, 6.45) is 1.43. The Morgan fingerprint density at radius 3 is 2.31 bits per heavy atom. The summed E-state index contributed by atoms with van der Waals surface area (Å²) in [6, 6.07) is 9.12. The lowest BCUT2D eigenvalue weighted by molar-refractivity contribution is -0.139. The van der Waals surface area contributed by atoms with Gasteiger partial charge in [0, 0.05) is 25.7 Å². The number of ether oxygens (including phenoxy) is 1. The molecule has 0 spiro atoms. The van der Waals surface area contributed by atoms with Crippen LogP contribution in [0.2, 0.25) is 0 Å². The van der Waals surface area contributed by atoms with E-state index in [9.17, 15) is 14.4 Å². The number of rotatable bonds is 7. The molecule has 2 fully saturated rings. The molecule has 0 aliphatic carbocycles.